The fraction of sp³-hybridized carbons (Fsp3) is 0.111. The number of aromatic nitrogens is 8. The maximum atomic E-state index is 13.0. The van der Waals surface area contributed by atoms with E-state index in [0.717, 1.165) is 5.56 Å². The first-order valence-corrected chi connectivity index (χ1v) is 8.35. The van der Waals surface area contributed by atoms with Gasteiger partial charge >= 0.3 is 0 Å². The Morgan fingerprint density at radius 2 is 1.70 bits per heavy atom. The summed E-state index contributed by atoms with van der Waals surface area (Å²) in [5.74, 6) is 2.24. The number of nitrogens with zero attached hydrogens (tertiary/aromatic N) is 8. The quantitative estimate of drug-likeness (QED) is 0.476. The number of rotatable bonds is 2. The van der Waals surface area contributed by atoms with Crippen LogP contribution in [-0.4, -0.2) is 39.1 Å². The molecule has 0 spiro atoms. The van der Waals surface area contributed by atoms with Crippen LogP contribution in [0.25, 0.3) is 28.1 Å². The zero-order chi connectivity index (χ0) is 18.5. The highest BCUT2D eigenvalue weighted by Gasteiger charge is 2.14. The molecular formula is C18H14N8O. The van der Waals surface area contributed by atoms with Crippen molar-refractivity contribution in [2.24, 2.45) is 0 Å². The predicted octanol–water partition coefficient (Wildman–Crippen LogP) is 1.63. The van der Waals surface area contributed by atoms with Crippen molar-refractivity contribution in [3.63, 3.8) is 0 Å². The van der Waals surface area contributed by atoms with Crippen LogP contribution in [0.3, 0.4) is 0 Å². The molecular weight excluding hydrogens is 344 g/mol. The molecule has 0 saturated heterocycles. The normalized spacial score (nSPS) is 11.5. The molecule has 0 N–H and O–H groups in total. The number of benzene rings is 1. The number of fused-ring (bicyclic) bond motifs is 3. The van der Waals surface area contributed by atoms with E-state index in [2.05, 4.69) is 25.3 Å². The van der Waals surface area contributed by atoms with Gasteiger partial charge in [0.1, 0.15) is 11.6 Å². The van der Waals surface area contributed by atoms with Crippen LogP contribution in [0, 0.1) is 13.8 Å². The molecule has 27 heavy (non-hydrogen) atoms. The molecule has 4 aromatic heterocycles. The van der Waals surface area contributed by atoms with Gasteiger partial charge in [0.05, 0.1) is 10.9 Å². The Labute approximate surface area is 152 Å². The lowest BCUT2D eigenvalue weighted by molar-refractivity contribution is 0.594. The minimum atomic E-state index is -0.232. The monoisotopic (exact) mass is 358 g/mol. The molecule has 0 bridgehead atoms. The number of pyridine rings is 1. The molecule has 0 unspecified atom stereocenters. The van der Waals surface area contributed by atoms with Gasteiger partial charge in [0.25, 0.3) is 11.3 Å². The molecule has 0 aliphatic rings. The molecule has 4 heterocycles. The van der Waals surface area contributed by atoms with Crippen molar-refractivity contribution in [3.8, 4) is 11.4 Å². The van der Waals surface area contributed by atoms with E-state index >= 15 is 0 Å². The van der Waals surface area contributed by atoms with Gasteiger partial charge in [-0.15, -0.1) is 15.3 Å². The van der Waals surface area contributed by atoms with Crippen LogP contribution < -0.4 is 5.56 Å². The van der Waals surface area contributed by atoms with Crippen molar-refractivity contribution < 1.29 is 0 Å². The molecule has 9 nitrogen and oxygen atoms in total. The standard InChI is InChI=1S/C18H14N8O/c1-11-21-22-12(2)26(11)24-9-8-15-14(17(24)27)10-19-18-20-16(23-25(15)18)13-6-4-3-5-7-13/h3-10H,1-2H3. The lowest BCUT2D eigenvalue weighted by Crippen LogP contribution is -2.27. The zero-order valence-corrected chi connectivity index (χ0v) is 14.6. The van der Waals surface area contributed by atoms with Crippen LogP contribution in [0.4, 0.5) is 0 Å². The summed E-state index contributed by atoms with van der Waals surface area (Å²) < 4.78 is 4.72. The summed E-state index contributed by atoms with van der Waals surface area (Å²) in [4.78, 5) is 21.8. The molecule has 0 saturated carbocycles. The molecule has 0 amide bonds. The summed E-state index contributed by atoms with van der Waals surface area (Å²) in [5, 5.41) is 13.0. The largest absolute Gasteiger partial charge is 0.280 e. The number of hydrogen-bond acceptors (Lipinski definition) is 6. The maximum Gasteiger partial charge on any atom is 0.280 e. The molecule has 132 valence electrons. The second-order valence-electron chi connectivity index (χ2n) is 6.14. The Bertz CT molecular complexity index is 1340. The second kappa shape index (κ2) is 5.56. The molecule has 5 aromatic rings. The van der Waals surface area contributed by atoms with Gasteiger partial charge in [-0.25, -0.2) is 14.3 Å². The summed E-state index contributed by atoms with van der Waals surface area (Å²) in [5.41, 5.74) is 1.30. The topological polar surface area (TPSA) is 95.8 Å². The molecule has 0 aliphatic carbocycles. The molecule has 0 atom stereocenters. The summed E-state index contributed by atoms with van der Waals surface area (Å²) in [6, 6.07) is 11.5. The summed E-state index contributed by atoms with van der Waals surface area (Å²) in [6.45, 7) is 3.59. The van der Waals surface area contributed by atoms with Crippen LogP contribution in [0.2, 0.25) is 0 Å². The van der Waals surface area contributed by atoms with Crippen molar-refractivity contribution in [2.75, 3.05) is 0 Å². The highest BCUT2D eigenvalue weighted by atomic mass is 16.1. The Morgan fingerprint density at radius 3 is 2.44 bits per heavy atom. The van der Waals surface area contributed by atoms with E-state index in [-0.39, 0.29) is 5.56 Å². The Morgan fingerprint density at radius 1 is 0.963 bits per heavy atom. The van der Waals surface area contributed by atoms with Gasteiger partial charge < -0.3 is 0 Å². The van der Waals surface area contributed by atoms with Gasteiger partial charge in [-0.1, -0.05) is 30.3 Å². The minimum Gasteiger partial charge on any atom is -0.267 e. The van der Waals surface area contributed by atoms with Crippen molar-refractivity contribution in [2.45, 2.75) is 13.8 Å². The zero-order valence-electron chi connectivity index (χ0n) is 14.6. The third-order valence-electron chi connectivity index (χ3n) is 4.42. The number of aryl methyl sites for hydroxylation is 2. The summed E-state index contributed by atoms with van der Waals surface area (Å²) in [7, 11) is 0. The van der Waals surface area contributed by atoms with Crippen LogP contribution in [0.1, 0.15) is 11.6 Å². The lowest BCUT2D eigenvalue weighted by atomic mass is 10.2. The van der Waals surface area contributed by atoms with E-state index in [1.807, 2.05) is 36.4 Å². The Kier molecular flexibility index (Phi) is 3.17. The van der Waals surface area contributed by atoms with Crippen LogP contribution >= 0.6 is 0 Å². The van der Waals surface area contributed by atoms with Crippen molar-refractivity contribution >= 4 is 16.7 Å². The molecule has 0 aliphatic heterocycles. The first kappa shape index (κ1) is 15.4. The second-order valence-corrected chi connectivity index (χ2v) is 6.14. The average molecular weight is 358 g/mol. The molecule has 0 fully saturated rings. The Balaban J connectivity index is 1.77. The smallest absolute Gasteiger partial charge is 0.267 e. The van der Waals surface area contributed by atoms with E-state index in [9.17, 15) is 4.79 Å². The highest BCUT2D eigenvalue weighted by Crippen LogP contribution is 2.17. The number of hydrogen-bond donors (Lipinski definition) is 0. The fourth-order valence-corrected chi connectivity index (χ4v) is 3.15. The van der Waals surface area contributed by atoms with Gasteiger partial charge in [0.2, 0.25) is 0 Å². The SMILES string of the molecule is Cc1nnc(C)n1-n1ccc2c(cnc3nc(-c4ccccc4)nn32)c1=O. The minimum absolute atomic E-state index is 0.232. The van der Waals surface area contributed by atoms with E-state index in [1.165, 1.54) is 10.9 Å². The average Bonchev–Trinajstić information content (AvgIpc) is 3.27. The van der Waals surface area contributed by atoms with Crippen molar-refractivity contribution in [1.82, 2.24) is 39.1 Å². The van der Waals surface area contributed by atoms with Gasteiger partial charge in [-0.2, -0.15) is 9.50 Å². The van der Waals surface area contributed by atoms with Crippen LogP contribution in [-0.2, 0) is 0 Å². The first-order valence-electron chi connectivity index (χ1n) is 8.35. The highest BCUT2D eigenvalue weighted by molar-refractivity contribution is 5.79. The summed E-state index contributed by atoms with van der Waals surface area (Å²) in [6.07, 6.45) is 3.21. The maximum absolute atomic E-state index is 13.0. The van der Waals surface area contributed by atoms with E-state index in [1.54, 1.807) is 29.2 Å². The molecule has 5 rings (SSSR count). The fourth-order valence-electron chi connectivity index (χ4n) is 3.15. The van der Waals surface area contributed by atoms with Crippen molar-refractivity contribution in [1.29, 1.82) is 0 Å². The van der Waals surface area contributed by atoms with E-state index in [4.69, 9.17) is 0 Å². The Hall–Kier alpha value is -3.88. The van der Waals surface area contributed by atoms with Crippen LogP contribution in [0.5, 0.6) is 0 Å². The van der Waals surface area contributed by atoms with Gasteiger partial charge in [0.15, 0.2) is 5.82 Å². The lowest BCUT2D eigenvalue weighted by Gasteiger charge is -2.10. The van der Waals surface area contributed by atoms with Crippen LogP contribution in [0.15, 0.2) is 53.6 Å². The summed E-state index contributed by atoms with van der Waals surface area (Å²) >= 11 is 0. The van der Waals surface area contributed by atoms with E-state index in [0.29, 0.717) is 34.2 Å². The van der Waals surface area contributed by atoms with Gasteiger partial charge in [0, 0.05) is 18.0 Å². The third kappa shape index (κ3) is 2.25. The van der Waals surface area contributed by atoms with Gasteiger partial charge in [-0.3, -0.25) is 4.79 Å². The molecule has 9 heteroatoms. The van der Waals surface area contributed by atoms with Crippen molar-refractivity contribution in [3.05, 3.63) is 70.8 Å². The first-order chi connectivity index (χ1) is 13.1. The van der Waals surface area contributed by atoms with E-state index < -0.39 is 0 Å². The molecule has 0 radical (unpaired) electrons. The predicted molar refractivity (Wildman–Crippen MR) is 98.3 cm³/mol. The molecule has 1 aromatic carbocycles. The van der Waals surface area contributed by atoms with Gasteiger partial charge in [-0.05, 0) is 19.9 Å². The third-order valence-corrected chi connectivity index (χ3v) is 4.42.